The molecule has 0 bridgehead atoms. The summed E-state index contributed by atoms with van der Waals surface area (Å²) < 4.78 is 0.996. The van der Waals surface area contributed by atoms with Crippen LogP contribution in [0, 0.1) is 6.92 Å². The summed E-state index contributed by atoms with van der Waals surface area (Å²) in [6, 6.07) is 11.3. The van der Waals surface area contributed by atoms with Crippen LogP contribution in [0.2, 0.25) is 0 Å². The molecule has 1 aromatic carbocycles. The van der Waals surface area contributed by atoms with E-state index in [9.17, 15) is 4.79 Å². The Bertz CT molecular complexity index is 660. The van der Waals surface area contributed by atoms with Gasteiger partial charge in [0.05, 0.1) is 0 Å². The molecular weight excluding hydrogens is 332 g/mol. The van der Waals surface area contributed by atoms with Crippen molar-refractivity contribution in [3.63, 3.8) is 0 Å². The lowest BCUT2D eigenvalue weighted by molar-refractivity contribution is 0.0785. The van der Waals surface area contributed by atoms with E-state index in [2.05, 4.69) is 26.3 Å². The predicted molar refractivity (Wildman–Crippen MR) is 86.7 cm³/mol. The third-order valence-electron chi connectivity index (χ3n) is 3.00. The van der Waals surface area contributed by atoms with Crippen molar-refractivity contribution in [3.05, 3.63) is 57.7 Å². The van der Waals surface area contributed by atoms with Crippen LogP contribution in [0.15, 0.2) is 40.9 Å². The minimum absolute atomic E-state index is 0.0722. The number of hydrogen-bond donors (Lipinski definition) is 2. The summed E-state index contributed by atoms with van der Waals surface area (Å²) in [6.45, 7) is 2.36. The lowest BCUT2D eigenvalue weighted by Gasteiger charge is -2.18. The van der Waals surface area contributed by atoms with Crippen LogP contribution < -0.4 is 11.3 Å². The number of nitrogen functional groups attached to an aromatic ring is 1. The summed E-state index contributed by atoms with van der Waals surface area (Å²) in [7, 11) is 1.77. The maximum atomic E-state index is 12.5. The van der Waals surface area contributed by atoms with Gasteiger partial charge in [-0.05, 0) is 36.8 Å². The normalized spacial score (nSPS) is 10.3. The first-order chi connectivity index (χ1) is 9.99. The summed E-state index contributed by atoms with van der Waals surface area (Å²) in [4.78, 5) is 18.3. The molecule has 110 valence electrons. The molecule has 0 aliphatic heterocycles. The Morgan fingerprint density at radius 2 is 2.14 bits per heavy atom. The Balaban J connectivity index is 2.17. The van der Waals surface area contributed by atoms with Gasteiger partial charge in [0.25, 0.3) is 5.91 Å². The van der Waals surface area contributed by atoms with Crippen molar-refractivity contribution >= 4 is 27.7 Å². The highest BCUT2D eigenvalue weighted by atomic mass is 79.9. The average Bonchev–Trinajstić information content (AvgIpc) is 2.45. The van der Waals surface area contributed by atoms with Crippen LogP contribution in [-0.4, -0.2) is 22.8 Å². The number of carbonyl (C=O) groups is 1. The number of anilines is 1. The molecule has 0 saturated carbocycles. The van der Waals surface area contributed by atoms with E-state index >= 15 is 0 Å². The van der Waals surface area contributed by atoms with Gasteiger partial charge in [0.2, 0.25) is 0 Å². The minimum atomic E-state index is -0.0722. The topological polar surface area (TPSA) is 71.2 Å². The summed E-state index contributed by atoms with van der Waals surface area (Å²) in [6.07, 6.45) is 0. The zero-order chi connectivity index (χ0) is 15.4. The van der Waals surface area contributed by atoms with Gasteiger partial charge in [0.15, 0.2) is 0 Å². The van der Waals surface area contributed by atoms with E-state index in [1.165, 1.54) is 0 Å². The van der Waals surface area contributed by atoms with E-state index < -0.39 is 0 Å². The molecule has 5 nitrogen and oxygen atoms in total. The van der Waals surface area contributed by atoms with Crippen LogP contribution in [0.3, 0.4) is 0 Å². The van der Waals surface area contributed by atoms with Gasteiger partial charge in [-0.25, -0.2) is 10.8 Å². The Kier molecular flexibility index (Phi) is 4.93. The van der Waals surface area contributed by atoms with E-state index in [1.807, 2.05) is 31.2 Å². The number of aromatic nitrogens is 1. The van der Waals surface area contributed by atoms with Crippen molar-refractivity contribution < 1.29 is 4.79 Å². The number of aryl methyl sites for hydroxylation is 1. The number of pyridine rings is 1. The number of hydrogen-bond acceptors (Lipinski definition) is 4. The molecule has 0 aliphatic carbocycles. The van der Waals surface area contributed by atoms with Crippen LogP contribution in [0.1, 0.15) is 21.6 Å². The highest BCUT2D eigenvalue weighted by molar-refractivity contribution is 9.10. The van der Waals surface area contributed by atoms with Crippen LogP contribution in [0.5, 0.6) is 0 Å². The monoisotopic (exact) mass is 348 g/mol. The highest BCUT2D eigenvalue weighted by Crippen LogP contribution is 2.15. The second-order valence-electron chi connectivity index (χ2n) is 4.82. The number of hydrazine groups is 1. The van der Waals surface area contributed by atoms with Crippen molar-refractivity contribution in [3.8, 4) is 0 Å². The van der Waals surface area contributed by atoms with E-state index in [0.717, 1.165) is 15.7 Å². The molecule has 1 heterocycles. The van der Waals surface area contributed by atoms with Crippen molar-refractivity contribution in [1.82, 2.24) is 9.88 Å². The Morgan fingerprint density at radius 3 is 2.81 bits per heavy atom. The Hall–Kier alpha value is -1.92. The second kappa shape index (κ2) is 6.69. The fourth-order valence-corrected chi connectivity index (χ4v) is 2.51. The highest BCUT2D eigenvalue weighted by Gasteiger charge is 2.14. The minimum Gasteiger partial charge on any atom is -0.337 e. The average molecular weight is 349 g/mol. The summed E-state index contributed by atoms with van der Waals surface area (Å²) in [5.41, 5.74) is 4.83. The van der Waals surface area contributed by atoms with Gasteiger partial charge in [-0.1, -0.05) is 28.1 Å². The van der Waals surface area contributed by atoms with Crippen molar-refractivity contribution in [2.24, 2.45) is 5.84 Å². The van der Waals surface area contributed by atoms with Gasteiger partial charge in [-0.15, -0.1) is 0 Å². The molecule has 21 heavy (non-hydrogen) atoms. The maximum absolute atomic E-state index is 12.5. The fraction of sp³-hybridized carbons (Fsp3) is 0.200. The molecule has 0 radical (unpaired) electrons. The number of carbonyl (C=O) groups excluding carboxylic acids is 1. The van der Waals surface area contributed by atoms with Gasteiger partial charge in [0.1, 0.15) is 5.82 Å². The number of nitrogens with two attached hydrogens (primary N) is 1. The third kappa shape index (κ3) is 4.03. The van der Waals surface area contributed by atoms with Crippen molar-refractivity contribution in [1.29, 1.82) is 0 Å². The number of nitrogens with one attached hydrogen (secondary N) is 1. The predicted octanol–water partition coefficient (Wildman–Crippen LogP) is 2.71. The molecule has 0 aliphatic rings. The number of benzene rings is 1. The molecule has 6 heteroatoms. The number of nitrogens with zero attached hydrogens (tertiary/aromatic N) is 2. The first kappa shape index (κ1) is 15.5. The lowest BCUT2D eigenvalue weighted by Crippen LogP contribution is -2.26. The molecule has 0 fully saturated rings. The first-order valence-corrected chi connectivity index (χ1v) is 7.24. The molecule has 0 unspecified atom stereocenters. The van der Waals surface area contributed by atoms with Crippen LogP contribution >= 0.6 is 15.9 Å². The van der Waals surface area contributed by atoms with Gasteiger partial charge in [0, 0.05) is 29.3 Å². The van der Waals surface area contributed by atoms with Crippen LogP contribution in [0.4, 0.5) is 5.82 Å². The van der Waals surface area contributed by atoms with Crippen LogP contribution in [0.25, 0.3) is 0 Å². The molecule has 0 spiro atoms. The summed E-state index contributed by atoms with van der Waals surface area (Å²) in [5.74, 6) is 5.77. The Morgan fingerprint density at radius 1 is 1.38 bits per heavy atom. The number of amides is 1. The first-order valence-electron chi connectivity index (χ1n) is 6.45. The second-order valence-corrected chi connectivity index (χ2v) is 5.73. The van der Waals surface area contributed by atoms with Crippen LogP contribution in [-0.2, 0) is 6.54 Å². The standard InChI is InChI=1S/C15H17BrN4O/c1-10-6-12(8-14(18-10)19-17)15(21)20(2)9-11-4-3-5-13(16)7-11/h3-8H,9,17H2,1-2H3,(H,18,19). The third-order valence-corrected chi connectivity index (χ3v) is 3.50. The van der Waals surface area contributed by atoms with Crippen molar-refractivity contribution in [2.45, 2.75) is 13.5 Å². The molecule has 2 rings (SSSR count). The quantitative estimate of drug-likeness (QED) is 0.658. The summed E-state index contributed by atoms with van der Waals surface area (Å²) >= 11 is 3.43. The van der Waals surface area contributed by atoms with Gasteiger partial charge >= 0.3 is 0 Å². The lowest BCUT2D eigenvalue weighted by atomic mass is 10.1. The largest absolute Gasteiger partial charge is 0.337 e. The molecule has 2 aromatic rings. The van der Waals surface area contributed by atoms with Gasteiger partial charge < -0.3 is 10.3 Å². The fourth-order valence-electron chi connectivity index (χ4n) is 2.07. The summed E-state index contributed by atoms with van der Waals surface area (Å²) in [5, 5.41) is 0. The SMILES string of the molecule is Cc1cc(C(=O)N(C)Cc2cccc(Br)c2)cc(NN)n1. The molecule has 0 atom stereocenters. The molecule has 3 N–H and O–H groups in total. The molecule has 0 saturated heterocycles. The van der Waals surface area contributed by atoms with E-state index in [1.54, 1.807) is 24.1 Å². The van der Waals surface area contributed by atoms with Gasteiger partial charge in [-0.3, -0.25) is 4.79 Å². The van der Waals surface area contributed by atoms with E-state index in [0.29, 0.717) is 17.9 Å². The zero-order valence-corrected chi connectivity index (χ0v) is 13.5. The maximum Gasteiger partial charge on any atom is 0.254 e. The van der Waals surface area contributed by atoms with Gasteiger partial charge in [-0.2, -0.15) is 0 Å². The number of rotatable bonds is 4. The van der Waals surface area contributed by atoms with Crippen molar-refractivity contribution in [2.75, 3.05) is 12.5 Å². The Labute approximate surface area is 132 Å². The number of halogens is 1. The molecule has 1 amide bonds. The molecule has 1 aromatic heterocycles. The zero-order valence-electron chi connectivity index (χ0n) is 11.9. The molecular formula is C15H17BrN4O. The van der Waals surface area contributed by atoms with E-state index in [4.69, 9.17) is 5.84 Å². The smallest absolute Gasteiger partial charge is 0.254 e. The van der Waals surface area contributed by atoms with E-state index in [-0.39, 0.29) is 5.91 Å².